The van der Waals surface area contributed by atoms with E-state index in [1.807, 2.05) is 6.07 Å². The van der Waals surface area contributed by atoms with E-state index >= 15 is 0 Å². The summed E-state index contributed by atoms with van der Waals surface area (Å²) in [5, 5.41) is 9.73. The maximum absolute atomic E-state index is 6.12. The standard InChI is InChI=1S/C18H21Cl2N3/c1-5-23(6-2)18-10-9-16(12(3)13(18)4)21-22-17-11-14(19)7-8-15(17)20/h7-11H,5-6H2,1-4H3. The third-order valence-electron chi connectivity index (χ3n) is 4.01. The predicted molar refractivity (Wildman–Crippen MR) is 100 cm³/mol. The molecule has 0 spiro atoms. The Kier molecular flexibility index (Phi) is 6.03. The zero-order valence-corrected chi connectivity index (χ0v) is 15.4. The second kappa shape index (κ2) is 7.80. The predicted octanol–water partition coefficient (Wildman–Crippen LogP) is 6.87. The number of hydrogen-bond acceptors (Lipinski definition) is 3. The van der Waals surface area contributed by atoms with Gasteiger partial charge in [0.05, 0.1) is 10.7 Å². The Morgan fingerprint density at radius 1 is 0.870 bits per heavy atom. The molecule has 0 bridgehead atoms. The minimum Gasteiger partial charge on any atom is -0.372 e. The SMILES string of the molecule is CCN(CC)c1ccc(N=Nc2cc(Cl)ccc2Cl)c(C)c1C. The van der Waals surface area contributed by atoms with Crippen molar-refractivity contribution >= 4 is 40.3 Å². The molecule has 2 aromatic rings. The molecule has 0 heterocycles. The summed E-state index contributed by atoms with van der Waals surface area (Å²) in [6.07, 6.45) is 0. The van der Waals surface area contributed by atoms with E-state index in [1.54, 1.807) is 18.2 Å². The highest BCUT2D eigenvalue weighted by Gasteiger charge is 2.10. The van der Waals surface area contributed by atoms with Crippen LogP contribution >= 0.6 is 23.2 Å². The van der Waals surface area contributed by atoms with Gasteiger partial charge in [-0.15, -0.1) is 5.11 Å². The Hall–Kier alpha value is -1.58. The highest BCUT2D eigenvalue weighted by atomic mass is 35.5. The molecule has 0 N–H and O–H groups in total. The maximum Gasteiger partial charge on any atom is 0.106 e. The van der Waals surface area contributed by atoms with Gasteiger partial charge in [0.15, 0.2) is 0 Å². The molecule has 0 amide bonds. The van der Waals surface area contributed by atoms with E-state index in [4.69, 9.17) is 23.2 Å². The van der Waals surface area contributed by atoms with Crippen molar-refractivity contribution in [2.45, 2.75) is 27.7 Å². The highest BCUT2D eigenvalue weighted by molar-refractivity contribution is 6.35. The second-order valence-electron chi connectivity index (χ2n) is 5.32. The van der Waals surface area contributed by atoms with Crippen molar-refractivity contribution in [3.05, 3.63) is 51.5 Å². The van der Waals surface area contributed by atoms with Gasteiger partial charge < -0.3 is 4.90 Å². The molecule has 0 fully saturated rings. The maximum atomic E-state index is 6.12. The Balaban J connectivity index is 2.36. The summed E-state index contributed by atoms with van der Waals surface area (Å²) >= 11 is 12.1. The van der Waals surface area contributed by atoms with E-state index in [9.17, 15) is 0 Å². The topological polar surface area (TPSA) is 28.0 Å². The first-order chi connectivity index (χ1) is 11.0. The van der Waals surface area contributed by atoms with Gasteiger partial charge in [-0.1, -0.05) is 23.2 Å². The first kappa shape index (κ1) is 17.8. The van der Waals surface area contributed by atoms with E-state index in [2.05, 4.69) is 48.9 Å². The van der Waals surface area contributed by atoms with E-state index in [0.29, 0.717) is 15.7 Å². The molecule has 122 valence electrons. The average Bonchev–Trinajstić information content (AvgIpc) is 2.54. The van der Waals surface area contributed by atoms with Gasteiger partial charge in [0.1, 0.15) is 5.69 Å². The van der Waals surface area contributed by atoms with Crippen molar-refractivity contribution in [2.24, 2.45) is 10.2 Å². The minimum absolute atomic E-state index is 0.535. The summed E-state index contributed by atoms with van der Waals surface area (Å²) in [6.45, 7) is 10.5. The average molecular weight is 350 g/mol. The minimum atomic E-state index is 0.535. The zero-order valence-electron chi connectivity index (χ0n) is 13.9. The molecule has 0 aliphatic heterocycles. The molecule has 0 saturated heterocycles. The number of benzene rings is 2. The summed E-state index contributed by atoms with van der Waals surface area (Å²) in [5.74, 6) is 0. The first-order valence-corrected chi connectivity index (χ1v) is 8.45. The van der Waals surface area contributed by atoms with Crippen molar-refractivity contribution in [3.63, 3.8) is 0 Å². The van der Waals surface area contributed by atoms with Crippen LogP contribution in [0, 0.1) is 13.8 Å². The van der Waals surface area contributed by atoms with Gasteiger partial charge in [-0.2, -0.15) is 5.11 Å². The van der Waals surface area contributed by atoms with Crippen molar-refractivity contribution in [1.82, 2.24) is 0 Å². The molecule has 0 atom stereocenters. The van der Waals surface area contributed by atoms with Gasteiger partial charge in [-0.25, -0.2) is 0 Å². The van der Waals surface area contributed by atoms with Crippen molar-refractivity contribution < 1.29 is 0 Å². The van der Waals surface area contributed by atoms with Crippen LogP contribution in [0.5, 0.6) is 0 Å². The first-order valence-electron chi connectivity index (χ1n) is 7.69. The Morgan fingerprint density at radius 2 is 1.52 bits per heavy atom. The molecular formula is C18H21Cl2N3. The third kappa shape index (κ3) is 4.04. The summed E-state index contributed by atoms with van der Waals surface area (Å²) < 4.78 is 0. The Bertz CT molecular complexity index is 722. The lowest BCUT2D eigenvalue weighted by Gasteiger charge is -2.24. The number of rotatable bonds is 5. The lowest BCUT2D eigenvalue weighted by Crippen LogP contribution is -2.22. The van der Waals surface area contributed by atoms with Gasteiger partial charge >= 0.3 is 0 Å². The Labute approximate surface area is 147 Å². The van der Waals surface area contributed by atoms with Crippen LogP contribution in [0.4, 0.5) is 17.1 Å². The van der Waals surface area contributed by atoms with Crippen LogP contribution in [0.25, 0.3) is 0 Å². The van der Waals surface area contributed by atoms with Crippen molar-refractivity contribution in [1.29, 1.82) is 0 Å². The summed E-state index contributed by atoms with van der Waals surface area (Å²) in [7, 11) is 0. The van der Waals surface area contributed by atoms with E-state index < -0.39 is 0 Å². The fourth-order valence-electron chi connectivity index (χ4n) is 2.48. The molecule has 0 saturated carbocycles. The molecule has 5 heteroatoms. The normalized spacial score (nSPS) is 11.2. The molecule has 0 unspecified atom stereocenters. The van der Waals surface area contributed by atoms with Crippen LogP contribution < -0.4 is 4.90 Å². The molecule has 0 aliphatic rings. The largest absolute Gasteiger partial charge is 0.372 e. The van der Waals surface area contributed by atoms with Gasteiger partial charge in [-0.05, 0) is 69.2 Å². The molecule has 0 radical (unpaired) electrons. The van der Waals surface area contributed by atoms with Crippen molar-refractivity contribution in [3.8, 4) is 0 Å². The van der Waals surface area contributed by atoms with Crippen LogP contribution in [0.3, 0.4) is 0 Å². The molecule has 2 rings (SSSR count). The molecule has 2 aromatic carbocycles. The molecular weight excluding hydrogens is 329 g/mol. The van der Waals surface area contributed by atoms with E-state index in [0.717, 1.165) is 24.3 Å². The van der Waals surface area contributed by atoms with Crippen LogP contribution in [-0.2, 0) is 0 Å². The van der Waals surface area contributed by atoms with E-state index in [-0.39, 0.29) is 0 Å². The smallest absolute Gasteiger partial charge is 0.106 e. The number of azo groups is 1. The molecule has 0 aromatic heterocycles. The quantitative estimate of drug-likeness (QED) is 0.541. The second-order valence-corrected chi connectivity index (χ2v) is 6.17. The number of anilines is 1. The highest BCUT2D eigenvalue weighted by Crippen LogP contribution is 2.33. The lowest BCUT2D eigenvalue weighted by atomic mass is 10.1. The molecule has 3 nitrogen and oxygen atoms in total. The summed E-state index contributed by atoms with van der Waals surface area (Å²) in [5.41, 5.74) is 5.00. The monoisotopic (exact) mass is 349 g/mol. The van der Waals surface area contributed by atoms with Gasteiger partial charge in [0, 0.05) is 23.8 Å². The molecule has 0 aliphatic carbocycles. The summed E-state index contributed by atoms with van der Waals surface area (Å²) in [4.78, 5) is 2.33. The number of nitrogens with zero attached hydrogens (tertiary/aromatic N) is 3. The third-order valence-corrected chi connectivity index (χ3v) is 4.56. The van der Waals surface area contributed by atoms with Gasteiger partial charge in [0.2, 0.25) is 0 Å². The lowest BCUT2D eigenvalue weighted by molar-refractivity contribution is 0.860. The Morgan fingerprint density at radius 3 is 2.17 bits per heavy atom. The van der Waals surface area contributed by atoms with Gasteiger partial charge in [-0.3, -0.25) is 0 Å². The zero-order chi connectivity index (χ0) is 17.0. The fraction of sp³-hybridized carbons (Fsp3) is 0.333. The molecule has 23 heavy (non-hydrogen) atoms. The summed E-state index contributed by atoms with van der Waals surface area (Å²) in [6, 6.07) is 9.26. The van der Waals surface area contributed by atoms with Crippen LogP contribution in [0.1, 0.15) is 25.0 Å². The van der Waals surface area contributed by atoms with E-state index in [1.165, 1.54) is 11.3 Å². The van der Waals surface area contributed by atoms with Crippen LogP contribution in [-0.4, -0.2) is 13.1 Å². The van der Waals surface area contributed by atoms with Crippen LogP contribution in [0.2, 0.25) is 10.0 Å². The fourth-order valence-corrected chi connectivity index (χ4v) is 2.80. The number of halogens is 2. The number of hydrogen-bond donors (Lipinski definition) is 0. The van der Waals surface area contributed by atoms with Crippen LogP contribution in [0.15, 0.2) is 40.6 Å². The van der Waals surface area contributed by atoms with Crippen molar-refractivity contribution in [2.75, 3.05) is 18.0 Å². The van der Waals surface area contributed by atoms with Gasteiger partial charge in [0.25, 0.3) is 0 Å².